The van der Waals surface area contributed by atoms with Gasteiger partial charge >= 0.3 is 6.61 Å². The Morgan fingerprint density at radius 2 is 1.91 bits per heavy atom. The number of ether oxygens (including phenoxy) is 2. The molecule has 2 aromatic rings. The summed E-state index contributed by atoms with van der Waals surface area (Å²) < 4.78 is 33.8. The molecule has 0 aliphatic heterocycles. The quantitative estimate of drug-likeness (QED) is 0.657. The van der Waals surface area contributed by atoms with E-state index in [4.69, 9.17) is 4.74 Å². The van der Waals surface area contributed by atoms with Crippen molar-refractivity contribution in [2.75, 3.05) is 7.11 Å². The molecule has 1 N–H and O–H groups in total. The first kappa shape index (κ1) is 16.4. The standard InChI is InChI=1S/C16H14F2N2O3/c1-22-14-9-11(7-8-13(14)23-16(17)18)10-19-20-15(21)12-5-3-2-4-6-12/h2-10,16H,1H3,(H,20,21)/b19-10-. The summed E-state index contributed by atoms with van der Waals surface area (Å²) in [4.78, 5) is 11.8. The number of halogens is 2. The van der Waals surface area contributed by atoms with Gasteiger partial charge in [-0.25, -0.2) is 5.43 Å². The Kier molecular flexibility index (Phi) is 5.62. The van der Waals surface area contributed by atoms with Crippen LogP contribution < -0.4 is 14.9 Å². The highest BCUT2D eigenvalue weighted by atomic mass is 19.3. The van der Waals surface area contributed by atoms with Gasteiger partial charge in [-0.15, -0.1) is 0 Å². The average molecular weight is 320 g/mol. The molecular weight excluding hydrogens is 306 g/mol. The molecule has 0 heterocycles. The van der Waals surface area contributed by atoms with Crippen LogP contribution in [-0.4, -0.2) is 25.8 Å². The van der Waals surface area contributed by atoms with Gasteiger partial charge in [-0.3, -0.25) is 4.79 Å². The smallest absolute Gasteiger partial charge is 0.387 e. The maximum Gasteiger partial charge on any atom is 0.387 e. The predicted molar refractivity (Wildman–Crippen MR) is 81.1 cm³/mol. The van der Waals surface area contributed by atoms with Gasteiger partial charge in [0.05, 0.1) is 13.3 Å². The van der Waals surface area contributed by atoms with Crippen LogP contribution in [0.15, 0.2) is 53.6 Å². The van der Waals surface area contributed by atoms with E-state index in [9.17, 15) is 13.6 Å². The van der Waals surface area contributed by atoms with Crippen molar-refractivity contribution in [1.82, 2.24) is 5.43 Å². The fourth-order valence-corrected chi connectivity index (χ4v) is 1.78. The number of hydrogen-bond donors (Lipinski definition) is 1. The summed E-state index contributed by atoms with van der Waals surface area (Å²) in [7, 11) is 1.34. The van der Waals surface area contributed by atoms with Crippen molar-refractivity contribution in [3.63, 3.8) is 0 Å². The third kappa shape index (κ3) is 4.77. The molecule has 1 amide bonds. The first-order valence-electron chi connectivity index (χ1n) is 6.61. The SMILES string of the molecule is COc1cc(/C=N\NC(=O)c2ccccc2)ccc1OC(F)F. The summed E-state index contributed by atoms with van der Waals surface area (Å²) in [6, 6.07) is 12.9. The Hall–Kier alpha value is -2.96. The van der Waals surface area contributed by atoms with Crippen molar-refractivity contribution >= 4 is 12.1 Å². The lowest BCUT2D eigenvalue weighted by Crippen LogP contribution is -2.17. The van der Waals surface area contributed by atoms with Gasteiger partial charge in [0, 0.05) is 5.56 Å². The van der Waals surface area contributed by atoms with Gasteiger partial charge in [-0.05, 0) is 35.9 Å². The average Bonchev–Trinajstić information content (AvgIpc) is 2.56. The molecule has 0 aromatic heterocycles. The van der Waals surface area contributed by atoms with E-state index in [0.29, 0.717) is 11.1 Å². The topological polar surface area (TPSA) is 59.9 Å². The van der Waals surface area contributed by atoms with Crippen LogP contribution in [-0.2, 0) is 0 Å². The lowest BCUT2D eigenvalue weighted by Gasteiger charge is -2.09. The molecule has 5 nitrogen and oxygen atoms in total. The van der Waals surface area contributed by atoms with Crippen LogP contribution in [0.3, 0.4) is 0 Å². The van der Waals surface area contributed by atoms with Crippen molar-refractivity contribution in [3.8, 4) is 11.5 Å². The Balaban J connectivity index is 2.03. The van der Waals surface area contributed by atoms with Crippen LogP contribution in [0.5, 0.6) is 11.5 Å². The number of alkyl halides is 2. The summed E-state index contributed by atoms with van der Waals surface area (Å²) in [5.74, 6) is -0.289. The number of benzene rings is 2. The van der Waals surface area contributed by atoms with Crippen LogP contribution in [0.25, 0.3) is 0 Å². The van der Waals surface area contributed by atoms with E-state index >= 15 is 0 Å². The molecule has 0 unspecified atom stereocenters. The molecule has 0 radical (unpaired) electrons. The number of hydrazone groups is 1. The predicted octanol–water partition coefficient (Wildman–Crippen LogP) is 3.06. The van der Waals surface area contributed by atoms with E-state index in [2.05, 4.69) is 15.3 Å². The number of nitrogens with one attached hydrogen (secondary N) is 1. The fraction of sp³-hybridized carbons (Fsp3) is 0.125. The highest BCUT2D eigenvalue weighted by molar-refractivity contribution is 5.94. The largest absolute Gasteiger partial charge is 0.493 e. The second-order valence-electron chi connectivity index (χ2n) is 4.35. The molecule has 2 rings (SSSR count). The molecule has 0 atom stereocenters. The Morgan fingerprint density at radius 3 is 2.57 bits per heavy atom. The molecule has 0 bridgehead atoms. The lowest BCUT2D eigenvalue weighted by atomic mass is 10.2. The zero-order chi connectivity index (χ0) is 16.7. The van der Waals surface area contributed by atoms with E-state index in [0.717, 1.165) is 0 Å². The maximum absolute atomic E-state index is 12.2. The number of amides is 1. The minimum Gasteiger partial charge on any atom is -0.493 e. The summed E-state index contributed by atoms with van der Waals surface area (Å²) in [6.07, 6.45) is 1.37. The van der Waals surface area contributed by atoms with Crippen molar-refractivity contribution in [3.05, 3.63) is 59.7 Å². The van der Waals surface area contributed by atoms with Gasteiger partial charge in [0.1, 0.15) is 0 Å². The third-order valence-electron chi connectivity index (χ3n) is 2.82. The second-order valence-corrected chi connectivity index (χ2v) is 4.35. The van der Waals surface area contributed by atoms with Crippen LogP contribution in [0, 0.1) is 0 Å². The molecule has 0 saturated carbocycles. The zero-order valence-electron chi connectivity index (χ0n) is 12.2. The molecule has 0 spiro atoms. The molecule has 7 heteroatoms. The van der Waals surface area contributed by atoms with Gasteiger partial charge in [-0.2, -0.15) is 13.9 Å². The maximum atomic E-state index is 12.2. The van der Waals surface area contributed by atoms with E-state index in [-0.39, 0.29) is 17.4 Å². The first-order chi connectivity index (χ1) is 11.1. The minimum absolute atomic E-state index is 0.0760. The number of methoxy groups -OCH3 is 1. The van der Waals surface area contributed by atoms with Crippen LogP contribution in [0.4, 0.5) is 8.78 Å². The molecule has 0 aliphatic rings. The minimum atomic E-state index is -2.94. The van der Waals surface area contributed by atoms with E-state index in [1.165, 1.54) is 31.5 Å². The number of nitrogens with zero attached hydrogens (tertiary/aromatic N) is 1. The van der Waals surface area contributed by atoms with Gasteiger partial charge in [-0.1, -0.05) is 18.2 Å². The molecule has 2 aromatic carbocycles. The lowest BCUT2D eigenvalue weighted by molar-refractivity contribution is -0.0512. The fourth-order valence-electron chi connectivity index (χ4n) is 1.78. The Bertz CT molecular complexity index is 691. The summed E-state index contributed by atoms with van der Waals surface area (Å²) in [6.45, 7) is -2.94. The van der Waals surface area contributed by atoms with Gasteiger partial charge in [0.25, 0.3) is 5.91 Å². The van der Waals surface area contributed by atoms with Crippen LogP contribution >= 0.6 is 0 Å². The molecule has 0 aliphatic carbocycles. The van der Waals surface area contributed by atoms with Gasteiger partial charge in [0.15, 0.2) is 11.5 Å². The normalized spacial score (nSPS) is 10.8. The summed E-state index contributed by atoms with van der Waals surface area (Å²) >= 11 is 0. The van der Waals surface area contributed by atoms with Crippen molar-refractivity contribution < 1.29 is 23.0 Å². The molecule has 0 saturated heterocycles. The second kappa shape index (κ2) is 7.88. The summed E-state index contributed by atoms with van der Waals surface area (Å²) in [5.41, 5.74) is 3.40. The third-order valence-corrected chi connectivity index (χ3v) is 2.82. The molecular formula is C16H14F2N2O3. The summed E-state index contributed by atoms with van der Waals surface area (Å²) in [5, 5.41) is 3.81. The van der Waals surface area contributed by atoms with Crippen LogP contribution in [0.2, 0.25) is 0 Å². The van der Waals surface area contributed by atoms with E-state index < -0.39 is 6.61 Å². The number of rotatable bonds is 6. The van der Waals surface area contributed by atoms with Crippen molar-refractivity contribution in [2.45, 2.75) is 6.61 Å². The Morgan fingerprint density at radius 1 is 1.17 bits per heavy atom. The van der Waals surface area contributed by atoms with Crippen molar-refractivity contribution in [1.29, 1.82) is 0 Å². The van der Waals surface area contributed by atoms with Gasteiger partial charge < -0.3 is 9.47 Å². The molecule has 0 fully saturated rings. The molecule has 120 valence electrons. The molecule has 23 heavy (non-hydrogen) atoms. The number of hydrogen-bond acceptors (Lipinski definition) is 4. The van der Waals surface area contributed by atoms with E-state index in [1.54, 1.807) is 30.3 Å². The first-order valence-corrected chi connectivity index (χ1v) is 6.61. The number of carbonyl (C=O) groups is 1. The zero-order valence-corrected chi connectivity index (χ0v) is 12.2. The van der Waals surface area contributed by atoms with Crippen LogP contribution in [0.1, 0.15) is 15.9 Å². The Labute approximate surface area is 131 Å². The van der Waals surface area contributed by atoms with Crippen molar-refractivity contribution in [2.24, 2.45) is 5.10 Å². The monoisotopic (exact) mass is 320 g/mol. The number of carbonyl (C=O) groups excluding carboxylic acids is 1. The van der Waals surface area contributed by atoms with Gasteiger partial charge in [0.2, 0.25) is 0 Å². The highest BCUT2D eigenvalue weighted by Gasteiger charge is 2.10. The highest BCUT2D eigenvalue weighted by Crippen LogP contribution is 2.28. The van der Waals surface area contributed by atoms with E-state index in [1.807, 2.05) is 0 Å².